The summed E-state index contributed by atoms with van der Waals surface area (Å²) in [6.07, 6.45) is 1.87. The van der Waals surface area contributed by atoms with Gasteiger partial charge in [-0.1, -0.05) is 23.7 Å². The van der Waals surface area contributed by atoms with E-state index in [1.165, 1.54) is 17.7 Å². The molecule has 0 unspecified atom stereocenters. The van der Waals surface area contributed by atoms with Gasteiger partial charge in [0.1, 0.15) is 0 Å². The Bertz CT molecular complexity index is 506. The summed E-state index contributed by atoms with van der Waals surface area (Å²) in [4.78, 5) is 13.1. The molecular formula is C13H13ClN2O2. The van der Waals surface area contributed by atoms with E-state index in [4.69, 9.17) is 17.3 Å². The fourth-order valence-electron chi connectivity index (χ4n) is 1.13. The fourth-order valence-corrected chi connectivity index (χ4v) is 1.32. The summed E-state index contributed by atoms with van der Waals surface area (Å²) in [5.74, 6) is -0.502. The molecule has 5 heteroatoms. The Labute approximate surface area is 110 Å². The van der Waals surface area contributed by atoms with Crippen molar-refractivity contribution in [3.63, 3.8) is 0 Å². The molecule has 1 aromatic heterocycles. The van der Waals surface area contributed by atoms with E-state index in [0.29, 0.717) is 10.8 Å². The molecule has 94 valence electrons. The van der Waals surface area contributed by atoms with E-state index in [9.17, 15) is 9.90 Å². The number of aromatic nitrogens is 1. The maximum Gasteiger partial charge on any atom is 0.270 e. The lowest BCUT2D eigenvalue weighted by Crippen LogP contribution is -2.21. The average molecular weight is 265 g/mol. The maximum atomic E-state index is 10.2. The number of aromatic carboxylic acids is 1. The third-order valence-corrected chi connectivity index (χ3v) is 2.29. The van der Waals surface area contributed by atoms with Gasteiger partial charge in [-0.2, -0.15) is 0 Å². The fraction of sp³-hybridized carbons (Fsp3) is 0.0769. The van der Waals surface area contributed by atoms with Crippen molar-refractivity contribution < 1.29 is 14.9 Å². The van der Waals surface area contributed by atoms with E-state index in [2.05, 4.69) is 4.98 Å². The third-order valence-electron chi connectivity index (χ3n) is 2.05. The molecule has 18 heavy (non-hydrogen) atoms. The molecule has 4 nitrogen and oxygen atoms in total. The van der Waals surface area contributed by atoms with Gasteiger partial charge < -0.3 is 9.90 Å². The highest BCUT2D eigenvalue weighted by molar-refractivity contribution is 6.30. The molecule has 0 radical (unpaired) electrons. The summed E-state index contributed by atoms with van der Waals surface area (Å²) in [6.45, 7) is 2.01. The van der Waals surface area contributed by atoms with Gasteiger partial charge in [-0.25, -0.2) is 4.98 Å². The van der Waals surface area contributed by atoms with Crippen molar-refractivity contribution >= 4 is 23.4 Å². The molecule has 2 aromatic rings. The molecule has 0 bridgehead atoms. The van der Waals surface area contributed by atoms with Crippen LogP contribution in [0, 0.1) is 6.92 Å². The highest BCUT2D eigenvalue weighted by Crippen LogP contribution is 2.09. The number of aryl methyl sites for hydroxylation is 1. The lowest BCUT2D eigenvalue weighted by Gasteiger charge is -2.00. The first kappa shape index (κ1) is 14.0. The third kappa shape index (κ3) is 4.84. The second kappa shape index (κ2) is 6.61. The van der Waals surface area contributed by atoms with E-state index in [1.54, 1.807) is 12.1 Å². The number of nitrogens with one attached hydrogen (secondary N) is 1. The van der Waals surface area contributed by atoms with Crippen LogP contribution in [-0.4, -0.2) is 5.97 Å². The number of nitrogens with two attached hydrogens (primary N) is 1. The van der Waals surface area contributed by atoms with Crippen LogP contribution in [-0.2, 0) is 0 Å². The van der Waals surface area contributed by atoms with E-state index >= 15 is 0 Å². The minimum atomic E-state index is -1.21. The van der Waals surface area contributed by atoms with Gasteiger partial charge >= 0.3 is 0 Å². The Kier molecular flexibility index (Phi) is 5.14. The first-order chi connectivity index (χ1) is 8.49. The van der Waals surface area contributed by atoms with Crippen LogP contribution in [0.3, 0.4) is 0 Å². The lowest BCUT2D eigenvalue weighted by atomic mass is 10.2. The zero-order chi connectivity index (χ0) is 13.5. The molecule has 0 saturated carbocycles. The van der Waals surface area contributed by atoms with Gasteiger partial charge in [0.25, 0.3) is 5.82 Å². The minimum absolute atomic E-state index is 0.104. The second-order valence-corrected chi connectivity index (χ2v) is 4.06. The van der Waals surface area contributed by atoms with Crippen LogP contribution >= 0.6 is 11.6 Å². The van der Waals surface area contributed by atoms with Gasteiger partial charge in [0.15, 0.2) is 0 Å². The van der Waals surface area contributed by atoms with Gasteiger partial charge in [-0.15, -0.1) is 0 Å². The number of carboxylic acids is 1. The van der Waals surface area contributed by atoms with Gasteiger partial charge in [0.2, 0.25) is 0 Å². The SMILES string of the molecule is Cc1ccc(N)[nH+]c1.O=C([O-])c1cccc(Cl)c1. The molecule has 0 aliphatic carbocycles. The normalized spacial score (nSPS) is 9.22. The minimum Gasteiger partial charge on any atom is -0.545 e. The zero-order valence-corrected chi connectivity index (χ0v) is 10.6. The van der Waals surface area contributed by atoms with Crippen LogP contribution in [0.25, 0.3) is 0 Å². The van der Waals surface area contributed by atoms with Crippen molar-refractivity contribution in [2.45, 2.75) is 6.92 Å². The van der Waals surface area contributed by atoms with Crippen molar-refractivity contribution in [1.29, 1.82) is 0 Å². The van der Waals surface area contributed by atoms with E-state index < -0.39 is 5.97 Å². The maximum absolute atomic E-state index is 10.2. The molecular weight excluding hydrogens is 252 g/mol. The molecule has 0 spiro atoms. The van der Waals surface area contributed by atoms with E-state index in [-0.39, 0.29) is 5.56 Å². The molecule has 0 amide bonds. The summed E-state index contributed by atoms with van der Waals surface area (Å²) in [5.41, 5.74) is 6.67. The van der Waals surface area contributed by atoms with Crippen LogP contribution in [0.1, 0.15) is 15.9 Å². The summed E-state index contributed by atoms with van der Waals surface area (Å²) < 4.78 is 0. The van der Waals surface area contributed by atoms with Crippen LogP contribution in [0.15, 0.2) is 42.6 Å². The number of rotatable bonds is 1. The predicted octanol–water partition coefficient (Wildman–Crippen LogP) is 1.09. The van der Waals surface area contributed by atoms with E-state index in [1.807, 2.05) is 25.3 Å². The Hall–Kier alpha value is -2.07. The molecule has 2 rings (SSSR count). The number of aromatic amines is 1. The quantitative estimate of drug-likeness (QED) is 0.837. The van der Waals surface area contributed by atoms with Crippen LogP contribution < -0.4 is 15.8 Å². The smallest absolute Gasteiger partial charge is 0.270 e. The van der Waals surface area contributed by atoms with Crippen molar-refractivity contribution in [1.82, 2.24) is 0 Å². The highest BCUT2D eigenvalue weighted by Gasteiger charge is 1.91. The number of anilines is 1. The van der Waals surface area contributed by atoms with Gasteiger partial charge in [0, 0.05) is 11.1 Å². The number of hydrogen-bond donors (Lipinski definition) is 1. The summed E-state index contributed by atoms with van der Waals surface area (Å²) in [6, 6.07) is 9.75. The Morgan fingerprint density at radius 3 is 2.44 bits per heavy atom. The number of carbonyl (C=O) groups is 1. The Morgan fingerprint density at radius 1 is 1.33 bits per heavy atom. The van der Waals surface area contributed by atoms with Gasteiger partial charge in [0.05, 0.1) is 12.2 Å². The van der Waals surface area contributed by atoms with Gasteiger partial charge in [-0.3, -0.25) is 5.73 Å². The van der Waals surface area contributed by atoms with Crippen LogP contribution in [0.4, 0.5) is 5.82 Å². The number of benzene rings is 1. The van der Waals surface area contributed by atoms with Crippen molar-refractivity contribution in [2.75, 3.05) is 5.73 Å². The van der Waals surface area contributed by atoms with E-state index in [0.717, 1.165) is 0 Å². The summed E-state index contributed by atoms with van der Waals surface area (Å²) in [7, 11) is 0. The average Bonchev–Trinajstić information content (AvgIpc) is 2.34. The molecule has 1 heterocycles. The standard InChI is InChI=1S/C7H5ClO2.C6H8N2/c8-6-3-1-2-5(4-6)7(9)10;1-5-2-3-6(7)8-4-5/h1-4H,(H,9,10);2-4H,1H3,(H2,7,8). The Morgan fingerprint density at radius 2 is 2.06 bits per heavy atom. The number of H-pyrrole nitrogens is 1. The largest absolute Gasteiger partial charge is 0.545 e. The lowest BCUT2D eigenvalue weighted by molar-refractivity contribution is -0.360. The molecule has 1 aromatic carbocycles. The molecule has 0 fully saturated rings. The number of hydrogen-bond acceptors (Lipinski definition) is 3. The van der Waals surface area contributed by atoms with Gasteiger partial charge in [-0.05, 0) is 36.2 Å². The molecule has 0 aliphatic rings. The molecule has 0 aliphatic heterocycles. The van der Waals surface area contributed by atoms with Crippen molar-refractivity contribution in [3.05, 3.63) is 58.7 Å². The predicted molar refractivity (Wildman–Crippen MR) is 67.9 cm³/mol. The molecule has 3 N–H and O–H groups in total. The summed E-state index contributed by atoms with van der Waals surface area (Å²) >= 11 is 5.50. The number of carboxylic acid groups (broad SMARTS) is 1. The number of pyridine rings is 1. The van der Waals surface area contributed by atoms with Crippen LogP contribution in [0.5, 0.6) is 0 Å². The zero-order valence-electron chi connectivity index (χ0n) is 9.81. The molecule has 0 saturated heterocycles. The monoisotopic (exact) mass is 264 g/mol. The first-order valence-electron chi connectivity index (χ1n) is 5.20. The van der Waals surface area contributed by atoms with Crippen molar-refractivity contribution in [2.24, 2.45) is 0 Å². The number of halogens is 1. The second-order valence-electron chi connectivity index (χ2n) is 3.62. The van der Waals surface area contributed by atoms with Crippen LogP contribution in [0.2, 0.25) is 5.02 Å². The number of nitrogen functional groups attached to an aromatic ring is 1. The summed E-state index contributed by atoms with van der Waals surface area (Å²) in [5, 5.41) is 10.6. The topological polar surface area (TPSA) is 80.3 Å². The highest BCUT2D eigenvalue weighted by atomic mass is 35.5. The first-order valence-corrected chi connectivity index (χ1v) is 5.57. The molecule has 0 atom stereocenters. The Balaban J connectivity index is 0.000000184. The number of carbonyl (C=O) groups excluding carboxylic acids is 1. The van der Waals surface area contributed by atoms with Crippen molar-refractivity contribution in [3.8, 4) is 0 Å².